The minimum atomic E-state index is -0.623. The molecule has 0 amide bonds. The fourth-order valence-corrected chi connectivity index (χ4v) is 5.50. The maximum atomic E-state index is 11.6. The van der Waals surface area contributed by atoms with Gasteiger partial charge in [0.2, 0.25) is 0 Å². The first-order valence-corrected chi connectivity index (χ1v) is 8.31. The molecule has 118 valence electrons. The molecule has 5 atom stereocenters. The van der Waals surface area contributed by atoms with Crippen LogP contribution in [0.4, 0.5) is 0 Å². The molecular formula is C18H24N2O2. The molecule has 2 aliphatic carbocycles. The normalized spacial score (nSPS) is 40.6. The summed E-state index contributed by atoms with van der Waals surface area (Å²) in [5.74, 6) is 1.04. The van der Waals surface area contributed by atoms with Gasteiger partial charge in [0.25, 0.3) is 0 Å². The van der Waals surface area contributed by atoms with Crippen LogP contribution in [0.2, 0.25) is 0 Å². The number of aryl methyl sites for hydroxylation is 1. The van der Waals surface area contributed by atoms with Gasteiger partial charge in [-0.05, 0) is 50.1 Å². The van der Waals surface area contributed by atoms with Crippen molar-refractivity contribution < 1.29 is 9.84 Å². The van der Waals surface area contributed by atoms with Crippen molar-refractivity contribution in [3.63, 3.8) is 0 Å². The summed E-state index contributed by atoms with van der Waals surface area (Å²) >= 11 is 0. The molecule has 2 heterocycles. The molecule has 0 aromatic carbocycles. The van der Waals surface area contributed by atoms with Crippen LogP contribution < -0.4 is 4.73 Å². The number of likely N-dealkylation sites (N-methyl/N-ethyl adjacent to an activating group) is 1. The summed E-state index contributed by atoms with van der Waals surface area (Å²) in [4.78, 5) is 2.30. The quantitative estimate of drug-likeness (QED) is 0.489. The molecule has 2 fully saturated rings. The Hall–Kier alpha value is -1.39. The zero-order valence-corrected chi connectivity index (χ0v) is 13.1. The zero-order chi connectivity index (χ0) is 15.5. The van der Waals surface area contributed by atoms with E-state index in [4.69, 9.17) is 0 Å². The van der Waals surface area contributed by atoms with Crippen molar-refractivity contribution in [1.82, 2.24) is 4.90 Å². The number of nitrogens with zero attached hydrogens (tertiary/aromatic N) is 2. The summed E-state index contributed by atoms with van der Waals surface area (Å²) < 4.78 is 0.904. The smallest absolute Gasteiger partial charge is 0.183 e. The SMILES string of the molecule is C=C[C@@H]1CC[C@H]2[C@@H]3CCc4c[n+]([O-])ccc4[C@H]3N(C)C[C@]12O. The summed E-state index contributed by atoms with van der Waals surface area (Å²) in [5.41, 5.74) is 1.84. The number of piperidine rings is 1. The monoisotopic (exact) mass is 300 g/mol. The molecule has 1 aromatic heterocycles. The molecule has 22 heavy (non-hydrogen) atoms. The Kier molecular flexibility index (Phi) is 3.10. The molecule has 1 saturated carbocycles. The van der Waals surface area contributed by atoms with E-state index in [9.17, 15) is 10.3 Å². The van der Waals surface area contributed by atoms with E-state index in [1.54, 1.807) is 12.4 Å². The standard InChI is InChI=1S/C18H24N2O2/c1-3-13-5-7-16-15-6-4-12-10-20(22)9-8-14(12)17(15)19(2)11-18(13,16)21/h3,8-10,13,15-17,21H,1,4-7,11H2,2H3/t13-,15+,16+,17-,18+/m1/s1. The van der Waals surface area contributed by atoms with Crippen LogP contribution >= 0.6 is 0 Å². The summed E-state index contributed by atoms with van der Waals surface area (Å²) in [6.07, 6.45) is 9.42. The van der Waals surface area contributed by atoms with Crippen molar-refractivity contribution >= 4 is 0 Å². The van der Waals surface area contributed by atoms with Crippen molar-refractivity contribution in [1.29, 1.82) is 0 Å². The van der Waals surface area contributed by atoms with E-state index in [0.29, 0.717) is 24.4 Å². The second kappa shape index (κ2) is 4.80. The fourth-order valence-electron chi connectivity index (χ4n) is 5.50. The Morgan fingerprint density at radius 2 is 2.27 bits per heavy atom. The van der Waals surface area contributed by atoms with Crippen LogP contribution in [-0.2, 0) is 6.42 Å². The molecule has 4 heteroatoms. The fraction of sp³-hybridized carbons (Fsp3) is 0.611. The summed E-state index contributed by atoms with van der Waals surface area (Å²) in [6, 6.07) is 2.32. The maximum Gasteiger partial charge on any atom is 0.183 e. The molecule has 4 rings (SSSR count). The minimum absolute atomic E-state index is 0.210. The highest BCUT2D eigenvalue weighted by Gasteiger charge is 2.57. The molecule has 0 radical (unpaired) electrons. The molecule has 1 saturated heterocycles. The first-order chi connectivity index (χ1) is 10.5. The number of pyridine rings is 1. The predicted octanol–water partition coefficient (Wildman–Crippen LogP) is 1.81. The third-order valence-corrected chi connectivity index (χ3v) is 6.38. The lowest BCUT2D eigenvalue weighted by molar-refractivity contribution is -0.606. The molecule has 1 aliphatic heterocycles. The Balaban J connectivity index is 1.75. The van der Waals surface area contributed by atoms with E-state index >= 15 is 0 Å². The van der Waals surface area contributed by atoms with Crippen molar-refractivity contribution in [2.75, 3.05) is 13.6 Å². The lowest BCUT2D eigenvalue weighted by Gasteiger charge is -2.53. The molecular weight excluding hydrogens is 276 g/mol. The van der Waals surface area contributed by atoms with Gasteiger partial charge in [-0.25, -0.2) is 0 Å². The second-order valence-corrected chi connectivity index (χ2v) is 7.37. The number of fused-ring (bicyclic) bond motifs is 5. The Labute approximate surface area is 131 Å². The zero-order valence-electron chi connectivity index (χ0n) is 13.1. The van der Waals surface area contributed by atoms with Gasteiger partial charge in [0.15, 0.2) is 12.4 Å². The summed E-state index contributed by atoms with van der Waals surface area (Å²) in [7, 11) is 2.11. The van der Waals surface area contributed by atoms with Gasteiger partial charge >= 0.3 is 0 Å². The highest BCUT2D eigenvalue weighted by molar-refractivity contribution is 5.31. The van der Waals surface area contributed by atoms with Crippen LogP contribution in [0.5, 0.6) is 0 Å². The van der Waals surface area contributed by atoms with Gasteiger partial charge < -0.3 is 10.3 Å². The van der Waals surface area contributed by atoms with Crippen LogP contribution in [0, 0.1) is 23.0 Å². The first kappa shape index (κ1) is 14.2. The van der Waals surface area contributed by atoms with Gasteiger partial charge in [0.05, 0.1) is 5.60 Å². The first-order valence-electron chi connectivity index (χ1n) is 8.31. The van der Waals surface area contributed by atoms with E-state index in [0.717, 1.165) is 30.4 Å². The van der Waals surface area contributed by atoms with Gasteiger partial charge in [-0.1, -0.05) is 6.08 Å². The number of aliphatic hydroxyl groups is 1. The number of β-amino-alcohol motifs (C(OH)–C–C–N with tert-alkyl or cyclic N) is 1. The third kappa shape index (κ3) is 1.80. The van der Waals surface area contributed by atoms with Gasteiger partial charge in [-0.2, -0.15) is 4.73 Å². The van der Waals surface area contributed by atoms with Crippen molar-refractivity contribution in [3.8, 4) is 0 Å². The van der Waals surface area contributed by atoms with Gasteiger partial charge in [-0.3, -0.25) is 4.90 Å². The van der Waals surface area contributed by atoms with Crippen molar-refractivity contribution in [2.45, 2.75) is 37.3 Å². The molecule has 1 N–H and O–H groups in total. The summed E-state index contributed by atoms with van der Waals surface area (Å²) in [5, 5.41) is 22.9. The average Bonchev–Trinajstić information content (AvgIpc) is 2.82. The van der Waals surface area contributed by atoms with E-state index in [1.165, 1.54) is 11.1 Å². The van der Waals surface area contributed by atoms with E-state index in [1.807, 2.05) is 12.1 Å². The largest absolute Gasteiger partial charge is 0.619 e. The number of likely N-dealkylation sites (tertiary alicyclic amines) is 1. The Morgan fingerprint density at radius 1 is 1.45 bits per heavy atom. The van der Waals surface area contributed by atoms with Crippen LogP contribution in [0.3, 0.4) is 0 Å². The Bertz CT molecular complexity index is 617. The highest BCUT2D eigenvalue weighted by Crippen LogP contribution is 2.56. The predicted molar refractivity (Wildman–Crippen MR) is 83.9 cm³/mol. The van der Waals surface area contributed by atoms with Gasteiger partial charge in [0, 0.05) is 30.1 Å². The molecule has 0 spiro atoms. The molecule has 4 nitrogen and oxygen atoms in total. The second-order valence-electron chi connectivity index (χ2n) is 7.37. The van der Waals surface area contributed by atoms with E-state index < -0.39 is 5.60 Å². The molecule has 3 aliphatic rings. The number of hydrogen-bond acceptors (Lipinski definition) is 3. The van der Waals surface area contributed by atoms with Crippen molar-refractivity contribution in [2.24, 2.45) is 17.8 Å². The Morgan fingerprint density at radius 3 is 3.05 bits per heavy atom. The van der Waals surface area contributed by atoms with Crippen LogP contribution in [0.1, 0.15) is 36.4 Å². The van der Waals surface area contributed by atoms with Crippen LogP contribution in [0.25, 0.3) is 0 Å². The maximum absolute atomic E-state index is 11.6. The van der Waals surface area contributed by atoms with E-state index in [2.05, 4.69) is 18.5 Å². The van der Waals surface area contributed by atoms with Crippen LogP contribution in [0.15, 0.2) is 31.1 Å². The van der Waals surface area contributed by atoms with Crippen molar-refractivity contribution in [3.05, 3.63) is 47.4 Å². The van der Waals surface area contributed by atoms with Gasteiger partial charge in [0.1, 0.15) is 0 Å². The average molecular weight is 300 g/mol. The highest BCUT2D eigenvalue weighted by atomic mass is 16.5. The van der Waals surface area contributed by atoms with Gasteiger partial charge in [-0.15, -0.1) is 6.58 Å². The third-order valence-electron chi connectivity index (χ3n) is 6.38. The van der Waals surface area contributed by atoms with E-state index in [-0.39, 0.29) is 5.92 Å². The minimum Gasteiger partial charge on any atom is -0.619 e. The number of aromatic nitrogens is 1. The lowest BCUT2D eigenvalue weighted by atomic mass is 9.64. The molecule has 1 aromatic rings. The molecule has 0 unspecified atom stereocenters. The number of rotatable bonds is 1. The van der Waals surface area contributed by atoms with Crippen LogP contribution in [-0.4, -0.2) is 29.2 Å². The topological polar surface area (TPSA) is 50.4 Å². The summed E-state index contributed by atoms with van der Waals surface area (Å²) in [6.45, 7) is 4.63. The lowest BCUT2D eigenvalue weighted by Crippen LogP contribution is -2.59. The molecule has 0 bridgehead atoms. The number of hydrogen-bond donors (Lipinski definition) is 1.